The third-order valence-electron chi connectivity index (χ3n) is 6.53. The van der Waals surface area contributed by atoms with Crippen LogP contribution in [-0.2, 0) is 30.4 Å². The Hall–Kier alpha value is -4.26. The molecular weight excluding hydrogens is 658 g/mol. The van der Waals surface area contributed by atoms with Gasteiger partial charge in [0.15, 0.2) is 11.7 Å². The second-order valence-corrected chi connectivity index (χ2v) is 10.6. The van der Waals surface area contributed by atoms with Crippen molar-refractivity contribution >= 4 is 23.6 Å². The summed E-state index contributed by atoms with van der Waals surface area (Å²) >= 11 is 0. The Morgan fingerprint density at radius 2 is 1.50 bits per heavy atom. The highest BCUT2D eigenvalue weighted by molar-refractivity contribution is 5.92. The third-order valence-corrected chi connectivity index (χ3v) is 6.53. The number of carbonyl (C=O) groups excluding carboxylic acids is 3. The van der Waals surface area contributed by atoms with Gasteiger partial charge in [-0.15, -0.1) is 0 Å². The summed E-state index contributed by atoms with van der Waals surface area (Å²) in [7, 11) is 1.18. The normalized spacial score (nSPS) is 13.4. The number of aliphatic hydroxyl groups excluding tert-OH is 1. The molecule has 0 aromatic heterocycles. The van der Waals surface area contributed by atoms with Crippen LogP contribution in [-0.4, -0.2) is 85.5 Å². The highest BCUT2D eigenvalue weighted by atomic mass is 19.4. The lowest BCUT2D eigenvalue weighted by atomic mass is 10.0. The van der Waals surface area contributed by atoms with Crippen LogP contribution in [0.5, 0.6) is 5.75 Å². The maximum Gasteiger partial charge on any atom is 0.423 e. The van der Waals surface area contributed by atoms with Crippen molar-refractivity contribution in [3.8, 4) is 5.75 Å². The van der Waals surface area contributed by atoms with E-state index in [4.69, 9.17) is 19.6 Å². The van der Waals surface area contributed by atoms with Crippen molar-refractivity contribution in [2.75, 3.05) is 20.3 Å². The van der Waals surface area contributed by atoms with Gasteiger partial charge < -0.3 is 40.0 Å². The molecule has 18 heteroatoms. The summed E-state index contributed by atoms with van der Waals surface area (Å²) in [5, 5.41) is 25.0. The molecule has 0 aliphatic heterocycles. The summed E-state index contributed by atoms with van der Waals surface area (Å²) in [5.74, 6) is -2.81. The van der Waals surface area contributed by atoms with E-state index in [1.54, 1.807) is 42.5 Å². The Morgan fingerprint density at radius 3 is 2.06 bits per heavy atom. The fraction of sp³-hybridized carbons (Fsp3) is 0.467. The van der Waals surface area contributed by atoms with Gasteiger partial charge in [0.05, 0.1) is 18.2 Å². The Bertz CT molecular complexity index is 1340. The number of amides is 1. The molecule has 1 amide bonds. The lowest BCUT2D eigenvalue weighted by molar-refractivity contribution is -0.319. The van der Waals surface area contributed by atoms with Gasteiger partial charge >= 0.3 is 18.3 Å². The molecule has 0 saturated heterocycles. The topological polar surface area (TPSA) is 168 Å². The molecule has 0 radical (unpaired) electrons. The average Bonchev–Trinajstić information content (AvgIpc) is 3.01. The number of benzene rings is 2. The molecule has 0 fully saturated rings. The second kappa shape index (κ2) is 17.8. The van der Waals surface area contributed by atoms with E-state index in [9.17, 15) is 45.8 Å². The number of ketones is 1. The van der Waals surface area contributed by atoms with Crippen LogP contribution in [0.2, 0.25) is 0 Å². The van der Waals surface area contributed by atoms with Crippen LogP contribution in [0.4, 0.5) is 26.3 Å². The summed E-state index contributed by atoms with van der Waals surface area (Å²) < 4.78 is 96.3. The number of ether oxygens (including phenoxy) is 4. The number of esters is 1. The van der Waals surface area contributed by atoms with Crippen molar-refractivity contribution in [1.82, 2.24) is 16.0 Å². The number of methoxy groups -OCH3 is 1. The van der Waals surface area contributed by atoms with E-state index in [0.29, 0.717) is 11.1 Å². The smallest absolute Gasteiger partial charge is 0.423 e. The van der Waals surface area contributed by atoms with Gasteiger partial charge in [-0.05, 0) is 56.5 Å². The van der Waals surface area contributed by atoms with Crippen LogP contribution in [0, 0.1) is 5.41 Å². The van der Waals surface area contributed by atoms with E-state index in [1.165, 1.54) is 33.1 Å². The maximum atomic E-state index is 12.8. The summed E-state index contributed by atoms with van der Waals surface area (Å²) in [6.07, 6.45) is -17.8. The molecule has 5 N–H and O–H groups in total. The van der Waals surface area contributed by atoms with Crippen LogP contribution in [0.25, 0.3) is 0 Å². The van der Waals surface area contributed by atoms with E-state index < -0.39 is 66.7 Å². The predicted molar refractivity (Wildman–Crippen MR) is 157 cm³/mol. The van der Waals surface area contributed by atoms with Gasteiger partial charge in [0.1, 0.15) is 18.0 Å². The lowest BCUT2D eigenvalue weighted by Crippen LogP contribution is -2.52. The van der Waals surface area contributed by atoms with E-state index in [-0.39, 0.29) is 31.7 Å². The van der Waals surface area contributed by atoms with Crippen molar-refractivity contribution in [3.05, 3.63) is 65.7 Å². The lowest BCUT2D eigenvalue weighted by Gasteiger charge is -2.27. The van der Waals surface area contributed by atoms with Gasteiger partial charge in [-0.2, -0.15) is 26.3 Å². The van der Waals surface area contributed by atoms with E-state index in [1.807, 2.05) is 0 Å². The van der Waals surface area contributed by atoms with Crippen molar-refractivity contribution in [2.45, 2.75) is 69.8 Å². The van der Waals surface area contributed by atoms with Gasteiger partial charge in [-0.25, -0.2) is 4.79 Å². The molecule has 2 aromatic rings. The monoisotopic (exact) mass is 694 g/mol. The van der Waals surface area contributed by atoms with Crippen molar-refractivity contribution in [1.29, 1.82) is 5.41 Å². The number of aliphatic hydroxyl groups is 1. The van der Waals surface area contributed by atoms with Gasteiger partial charge in [0.25, 0.3) is 5.91 Å². The van der Waals surface area contributed by atoms with Crippen molar-refractivity contribution < 1.29 is 64.8 Å². The van der Waals surface area contributed by atoms with Gasteiger partial charge in [-0.3, -0.25) is 15.0 Å². The predicted octanol–water partition coefficient (Wildman–Crippen LogP) is 3.58. The van der Waals surface area contributed by atoms with Crippen molar-refractivity contribution in [2.24, 2.45) is 0 Å². The minimum Gasteiger partial charge on any atom is -0.423 e. The van der Waals surface area contributed by atoms with Gasteiger partial charge in [-0.1, -0.05) is 30.3 Å². The molecule has 12 nitrogen and oxygen atoms in total. The largest absolute Gasteiger partial charge is 0.423 e. The van der Waals surface area contributed by atoms with E-state index in [0.717, 1.165) is 0 Å². The number of rotatable bonds is 17. The first-order valence-electron chi connectivity index (χ1n) is 14.2. The quantitative estimate of drug-likeness (QED) is 0.0314. The average molecular weight is 695 g/mol. The second-order valence-electron chi connectivity index (χ2n) is 10.6. The summed E-state index contributed by atoms with van der Waals surface area (Å²) in [6, 6.07) is 13.0. The molecule has 2 aromatic carbocycles. The zero-order chi connectivity index (χ0) is 36.1. The Balaban J connectivity index is 1.83. The van der Waals surface area contributed by atoms with E-state index in [2.05, 4.69) is 20.7 Å². The summed E-state index contributed by atoms with van der Waals surface area (Å²) in [4.78, 5) is 37.2. The van der Waals surface area contributed by atoms with Gasteiger partial charge in [0, 0.05) is 13.7 Å². The molecule has 0 heterocycles. The first-order chi connectivity index (χ1) is 22.3. The fourth-order valence-corrected chi connectivity index (χ4v) is 3.68. The van der Waals surface area contributed by atoms with Crippen LogP contribution in [0.15, 0.2) is 54.6 Å². The molecule has 2 atom stereocenters. The minimum absolute atomic E-state index is 0.0196. The first-order valence-corrected chi connectivity index (χ1v) is 14.2. The van der Waals surface area contributed by atoms with Crippen LogP contribution in [0.1, 0.15) is 42.6 Å². The zero-order valence-corrected chi connectivity index (χ0v) is 26.0. The van der Waals surface area contributed by atoms with Crippen LogP contribution in [0.3, 0.4) is 0 Å². The molecular formula is C30H36F6N4O8. The van der Waals surface area contributed by atoms with Crippen LogP contribution < -0.4 is 20.7 Å². The number of Topliss-reactive ketones (excluding diaryl/α,β-unsaturated/α-hetero) is 1. The molecule has 0 aliphatic carbocycles. The number of hydrogen-bond acceptors (Lipinski definition) is 9. The molecule has 0 saturated carbocycles. The molecule has 266 valence electrons. The van der Waals surface area contributed by atoms with Crippen LogP contribution >= 0.6 is 0 Å². The Morgan fingerprint density at radius 1 is 0.896 bits per heavy atom. The molecule has 2 rings (SSSR count). The maximum absolute atomic E-state index is 12.8. The highest BCUT2D eigenvalue weighted by Gasteiger charge is 2.58. The molecule has 0 aliphatic rings. The first kappa shape index (κ1) is 39.9. The number of carbonyl (C=O) groups is 3. The van der Waals surface area contributed by atoms with E-state index >= 15 is 0 Å². The summed E-state index contributed by atoms with van der Waals surface area (Å²) in [6.45, 7) is 0.859. The number of nitrogens with one attached hydrogen (secondary N) is 4. The minimum atomic E-state index is -5.83. The molecule has 1 unspecified atom stereocenters. The SMILES string of the molecule is COC(C)(C)C(=O)N[C@@H](CCCNC(=N)NC(O)OCc1ccc(OC(=O)c2ccccc2)cc1)C(=O)COC(C(F)(F)F)C(F)(F)F. The molecule has 48 heavy (non-hydrogen) atoms. The fourth-order valence-electron chi connectivity index (χ4n) is 3.68. The number of alkyl halides is 6. The third kappa shape index (κ3) is 13.5. The number of guanidine groups is 1. The summed E-state index contributed by atoms with van der Waals surface area (Å²) in [5.41, 5.74) is -0.527. The Kier molecular flexibility index (Phi) is 14.8. The zero-order valence-electron chi connectivity index (χ0n) is 26.0. The standard InChI is InChI=1S/C30H36F6N4O8/c1-28(2,45-3)25(43)39-21(22(41)17-46-24(29(31,32)33)30(34,35)36)10-7-15-38-26(37)40-27(44)47-16-18-11-13-20(14-12-18)48-23(42)19-8-5-4-6-9-19/h4-6,8-9,11-14,21,24,27,44H,7,10,15-17H2,1-3H3,(H,39,43)(H3,37,38,40)/t21-,27?/m0/s1. The molecule has 0 bridgehead atoms. The Labute approximate surface area is 271 Å². The van der Waals surface area contributed by atoms with Crippen molar-refractivity contribution in [3.63, 3.8) is 0 Å². The number of halogens is 6. The highest BCUT2D eigenvalue weighted by Crippen LogP contribution is 2.35. The van der Waals surface area contributed by atoms with Gasteiger partial charge in [0.2, 0.25) is 12.5 Å². The number of hydrogen-bond donors (Lipinski definition) is 5. The molecule has 0 spiro atoms.